The molecule has 3 heteroatoms. The summed E-state index contributed by atoms with van der Waals surface area (Å²) in [7, 11) is 0. The van der Waals surface area contributed by atoms with Gasteiger partial charge in [-0.15, -0.1) is 0 Å². The summed E-state index contributed by atoms with van der Waals surface area (Å²) < 4.78 is 0. The maximum Gasteiger partial charge on any atom is 0.0929 e. The standard InChI is InChI=1S/C18H22N2O/c1-12-16(8-7-13-4-3-9-19-17(12)13)18(21)10-14-5-2-6-15(11-18)20-14/h3-4,7-9,14-15,20-21H,2,5-6,10-11H2,1H3. The summed E-state index contributed by atoms with van der Waals surface area (Å²) in [5.74, 6) is 0. The molecule has 2 unspecified atom stereocenters. The van der Waals surface area contributed by atoms with E-state index in [1.54, 1.807) is 0 Å². The van der Waals surface area contributed by atoms with Crippen LogP contribution < -0.4 is 5.32 Å². The molecule has 2 bridgehead atoms. The van der Waals surface area contributed by atoms with Crippen molar-refractivity contribution in [3.63, 3.8) is 0 Å². The van der Waals surface area contributed by atoms with Crippen molar-refractivity contribution in [3.05, 3.63) is 41.6 Å². The zero-order chi connectivity index (χ0) is 14.4. The first-order valence-electron chi connectivity index (χ1n) is 7.99. The van der Waals surface area contributed by atoms with Crippen molar-refractivity contribution in [3.8, 4) is 0 Å². The van der Waals surface area contributed by atoms with E-state index in [4.69, 9.17) is 0 Å². The summed E-state index contributed by atoms with van der Waals surface area (Å²) >= 11 is 0. The number of benzene rings is 1. The lowest BCUT2D eigenvalue weighted by Crippen LogP contribution is -2.54. The molecule has 0 radical (unpaired) electrons. The number of piperidine rings is 2. The molecule has 2 fully saturated rings. The second-order valence-electron chi connectivity index (χ2n) is 6.74. The Balaban J connectivity index is 1.80. The fraction of sp³-hybridized carbons (Fsp3) is 0.500. The van der Waals surface area contributed by atoms with Crippen molar-refractivity contribution in [2.45, 2.75) is 56.7 Å². The molecule has 0 saturated carbocycles. The van der Waals surface area contributed by atoms with Crippen LogP contribution in [0.2, 0.25) is 0 Å². The van der Waals surface area contributed by atoms with E-state index in [0.29, 0.717) is 12.1 Å². The van der Waals surface area contributed by atoms with E-state index in [2.05, 4.69) is 35.4 Å². The van der Waals surface area contributed by atoms with Crippen molar-refractivity contribution in [1.82, 2.24) is 10.3 Å². The summed E-state index contributed by atoms with van der Waals surface area (Å²) in [6, 6.07) is 9.18. The Hall–Kier alpha value is -1.45. The lowest BCUT2D eigenvalue weighted by atomic mass is 9.72. The maximum atomic E-state index is 11.3. The van der Waals surface area contributed by atoms with Crippen LogP contribution in [0.5, 0.6) is 0 Å². The van der Waals surface area contributed by atoms with Crippen LogP contribution in [-0.4, -0.2) is 22.2 Å². The first-order valence-corrected chi connectivity index (χ1v) is 7.99. The SMILES string of the molecule is Cc1c(C2(O)CC3CCCC(C2)N3)ccc2cccnc12. The van der Waals surface area contributed by atoms with Gasteiger partial charge in [-0.1, -0.05) is 24.6 Å². The van der Waals surface area contributed by atoms with Crippen LogP contribution in [-0.2, 0) is 5.60 Å². The molecule has 3 nitrogen and oxygen atoms in total. The van der Waals surface area contributed by atoms with E-state index >= 15 is 0 Å². The van der Waals surface area contributed by atoms with Crippen molar-refractivity contribution in [1.29, 1.82) is 0 Å². The summed E-state index contributed by atoms with van der Waals surface area (Å²) in [5, 5.41) is 16.1. The normalized spacial score (nSPS) is 32.3. The molecule has 1 aromatic carbocycles. The lowest BCUT2D eigenvalue weighted by molar-refractivity contribution is -0.0362. The van der Waals surface area contributed by atoms with Crippen molar-refractivity contribution >= 4 is 10.9 Å². The molecule has 4 rings (SSSR count). The van der Waals surface area contributed by atoms with Gasteiger partial charge in [-0.2, -0.15) is 0 Å². The number of fused-ring (bicyclic) bond motifs is 3. The quantitative estimate of drug-likeness (QED) is 0.845. The van der Waals surface area contributed by atoms with E-state index < -0.39 is 5.60 Å². The fourth-order valence-corrected chi connectivity index (χ4v) is 4.35. The molecule has 2 aromatic rings. The van der Waals surface area contributed by atoms with Gasteiger partial charge < -0.3 is 10.4 Å². The van der Waals surface area contributed by atoms with Gasteiger partial charge in [-0.3, -0.25) is 4.98 Å². The summed E-state index contributed by atoms with van der Waals surface area (Å²) in [5.41, 5.74) is 2.53. The Labute approximate surface area is 125 Å². The Morgan fingerprint density at radius 2 is 1.95 bits per heavy atom. The molecule has 21 heavy (non-hydrogen) atoms. The van der Waals surface area contributed by atoms with Gasteiger partial charge in [0.1, 0.15) is 0 Å². The number of hydrogen-bond donors (Lipinski definition) is 2. The highest BCUT2D eigenvalue weighted by Crippen LogP contribution is 2.41. The molecule has 2 atom stereocenters. The smallest absolute Gasteiger partial charge is 0.0929 e. The molecule has 1 aromatic heterocycles. The predicted octanol–water partition coefficient (Wildman–Crippen LogP) is 3.04. The molecular formula is C18H22N2O. The Morgan fingerprint density at radius 1 is 1.19 bits per heavy atom. The van der Waals surface area contributed by atoms with Crippen LogP contribution in [0.15, 0.2) is 30.5 Å². The number of aliphatic hydroxyl groups is 1. The van der Waals surface area contributed by atoms with Gasteiger partial charge in [-0.05, 0) is 49.8 Å². The molecule has 3 heterocycles. The van der Waals surface area contributed by atoms with E-state index in [9.17, 15) is 5.11 Å². The Morgan fingerprint density at radius 3 is 2.71 bits per heavy atom. The minimum Gasteiger partial charge on any atom is -0.385 e. The van der Waals surface area contributed by atoms with Gasteiger partial charge in [0.25, 0.3) is 0 Å². The number of nitrogens with one attached hydrogen (secondary N) is 1. The highest BCUT2D eigenvalue weighted by molar-refractivity contribution is 5.82. The lowest BCUT2D eigenvalue weighted by Gasteiger charge is -2.46. The summed E-state index contributed by atoms with van der Waals surface area (Å²) in [4.78, 5) is 4.51. The molecule has 0 aliphatic carbocycles. The van der Waals surface area contributed by atoms with Crippen LogP contribution in [0.3, 0.4) is 0 Å². The molecule has 2 saturated heterocycles. The number of nitrogens with zero attached hydrogens (tertiary/aromatic N) is 1. The van der Waals surface area contributed by atoms with Gasteiger partial charge in [0.05, 0.1) is 11.1 Å². The van der Waals surface area contributed by atoms with E-state index in [1.165, 1.54) is 19.3 Å². The van der Waals surface area contributed by atoms with Gasteiger partial charge in [-0.25, -0.2) is 0 Å². The third kappa shape index (κ3) is 2.16. The predicted molar refractivity (Wildman–Crippen MR) is 84.2 cm³/mol. The van der Waals surface area contributed by atoms with Crippen LogP contribution in [0.4, 0.5) is 0 Å². The Bertz CT molecular complexity index is 670. The van der Waals surface area contributed by atoms with Crippen LogP contribution in [0.1, 0.15) is 43.2 Å². The molecule has 2 N–H and O–H groups in total. The summed E-state index contributed by atoms with van der Waals surface area (Å²) in [6.07, 6.45) is 7.13. The van der Waals surface area contributed by atoms with E-state index in [0.717, 1.165) is 34.9 Å². The highest BCUT2D eigenvalue weighted by Gasteiger charge is 2.42. The second kappa shape index (κ2) is 4.79. The zero-order valence-corrected chi connectivity index (χ0v) is 12.5. The average molecular weight is 282 g/mol. The molecule has 0 amide bonds. The molecular weight excluding hydrogens is 260 g/mol. The van der Waals surface area contributed by atoms with E-state index in [1.807, 2.05) is 12.3 Å². The number of pyridine rings is 1. The van der Waals surface area contributed by atoms with Gasteiger partial charge in [0.2, 0.25) is 0 Å². The van der Waals surface area contributed by atoms with Gasteiger partial charge >= 0.3 is 0 Å². The Kier molecular flexibility index (Phi) is 3.02. The molecule has 2 aliphatic rings. The zero-order valence-electron chi connectivity index (χ0n) is 12.5. The van der Waals surface area contributed by atoms with Crippen molar-refractivity contribution in [2.24, 2.45) is 0 Å². The number of hydrogen-bond acceptors (Lipinski definition) is 3. The minimum absolute atomic E-state index is 0.460. The molecule has 0 spiro atoms. The molecule has 110 valence electrons. The number of rotatable bonds is 1. The van der Waals surface area contributed by atoms with Gasteiger partial charge in [0.15, 0.2) is 0 Å². The highest BCUT2D eigenvalue weighted by atomic mass is 16.3. The third-order valence-electron chi connectivity index (χ3n) is 5.27. The maximum absolute atomic E-state index is 11.3. The minimum atomic E-state index is -0.698. The first-order chi connectivity index (χ1) is 10.2. The monoisotopic (exact) mass is 282 g/mol. The van der Waals surface area contributed by atoms with Crippen LogP contribution >= 0.6 is 0 Å². The number of aromatic nitrogens is 1. The topological polar surface area (TPSA) is 45.1 Å². The molecule has 2 aliphatic heterocycles. The summed E-state index contributed by atoms with van der Waals surface area (Å²) in [6.45, 7) is 2.10. The van der Waals surface area contributed by atoms with Crippen molar-refractivity contribution < 1.29 is 5.11 Å². The average Bonchev–Trinajstić information content (AvgIpc) is 2.47. The second-order valence-corrected chi connectivity index (χ2v) is 6.74. The van der Waals surface area contributed by atoms with E-state index in [-0.39, 0.29) is 0 Å². The van der Waals surface area contributed by atoms with Gasteiger partial charge in [0, 0.05) is 23.7 Å². The third-order valence-corrected chi connectivity index (χ3v) is 5.27. The largest absolute Gasteiger partial charge is 0.385 e. The van der Waals surface area contributed by atoms with Crippen molar-refractivity contribution in [2.75, 3.05) is 0 Å². The first kappa shape index (κ1) is 13.2. The van der Waals surface area contributed by atoms with Crippen LogP contribution in [0.25, 0.3) is 10.9 Å². The fourth-order valence-electron chi connectivity index (χ4n) is 4.35. The number of aryl methyl sites for hydroxylation is 1. The van der Waals surface area contributed by atoms with Crippen LogP contribution in [0, 0.1) is 6.92 Å².